The van der Waals surface area contributed by atoms with Gasteiger partial charge >= 0.3 is 0 Å². The summed E-state index contributed by atoms with van der Waals surface area (Å²) in [5.41, 5.74) is -0.234. The summed E-state index contributed by atoms with van der Waals surface area (Å²) < 4.78 is 11.0. The van der Waals surface area contributed by atoms with E-state index in [4.69, 9.17) is 32.7 Å². The molecule has 0 saturated heterocycles. The Bertz CT molecular complexity index is 439. The normalized spacial score (nSPS) is 11.5. The Balaban J connectivity index is 2.69. The number of hydrogen-bond donors (Lipinski definition) is 1. The second-order valence-corrected chi connectivity index (χ2v) is 5.91. The highest BCUT2D eigenvalue weighted by atomic mass is 35.5. The Labute approximate surface area is 130 Å². The van der Waals surface area contributed by atoms with Gasteiger partial charge in [-0.05, 0) is 26.3 Å². The highest BCUT2D eigenvalue weighted by molar-refractivity contribution is 6.36. The van der Waals surface area contributed by atoms with Crippen molar-refractivity contribution in [3.63, 3.8) is 0 Å². The molecule has 20 heavy (non-hydrogen) atoms. The minimum Gasteiger partial charge on any atom is -0.476 e. The van der Waals surface area contributed by atoms with E-state index in [1.54, 1.807) is 13.2 Å². The fourth-order valence-electron chi connectivity index (χ4n) is 1.41. The third kappa shape index (κ3) is 5.35. The van der Waals surface area contributed by atoms with Crippen molar-refractivity contribution in [1.82, 2.24) is 4.98 Å². The van der Waals surface area contributed by atoms with Crippen LogP contribution in [-0.2, 0) is 4.74 Å². The molecule has 0 saturated carbocycles. The van der Waals surface area contributed by atoms with Gasteiger partial charge in [-0.25, -0.2) is 0 Å². The average molecular weight is 321 g/mol. The zero-order chi connectivity index (χ0) is 15.2. The molecule has 114 valence electrons. The van der Waals surface area contributed by atoms with Crippen LogP contribution in [0.15, 0.2) is 6.07 Å². The lowest BCUT2D eigenvalue weighted by molar-refractivity contribution is 0.00511. The van der Waals surface area contributed by atoms with E-state index in [1.807, 2.05) is 13.8 Å². The molecule has 0 radical (unpaired) electrons. The number of ether oxygens (including phenoxy) is 2. The third-order valence-corrected chi connectivity index (χ3v) is 3.49. The number of methoxy groups -OCH3 is 1. The monoisotopic (exact) mass is 320 g/mol. The molecule has 1 aromatic heterocycles. The number of pyridine rings is 1. The maximum atomic E-state index is 6.09. The summed E-state index contributed by atoms with van der Waals surface area (Å²) >= 11 is 12.2. The number of hydrogen-bond acceptors (Lipinski definition) is 4. The fourth-order valence-corrected chi connectivity index (χ4v) is 1.89. The highest BCUT2D eigenvalue weighted by Gasteiger charge is 2.17. The molecule has 1 heterocycles. The van der Waals surface area contributed by atoms with Gasteiger partial charge < -0.3 is 14.8 Å². The SMILES string of the molecule is CCCNc1nc(OCCC(C)(C)OC)c(Cl)cc1Cl. The van der Waals surface area contributed by atoms with Crippen LogP contribution < -0.4 is 10.1 Å². The molecule has 6 heteroatoms. The number of aromatic nitrogens is 1. The van der Waals surface area contributed by atoms with Crippen molar-refractivity contribution < 1.29 is 9.47 Å². The summed E-state index contributed by atoms with van der Waals surface area (Å²) in [5.74, 6) is 0.987. The summed E-state index contributed by atoms with van der Waals surface area (Å²) in [6, 6.07) is 1.64. The van der Waals surface area contributed by atoms with Crippen LogP contribution in [0.1, 0.15) is 33.6 Å². The van der Waals surface area contributed by atoms with Crippen molar-refractivity contribution in [1.29, 1.82) is 0 Å². The van der Waals surface area contributed by atoms with Crippen LogP contribution in [0, 0.1) is 0 Å². The maximum absolute atomic E-state index is 6.09. The highest BCUT2D eigenvalue weighted by Crippen LogP contribution is 2.31. The molecule has 4 nitrogen and oxygen atoms in total. The van der Waals surface area contributed by atoms with Crippen molar-refractivity contribution >= 4 is 29.0 Å². The lowest BCUT2D eigenvalue weighted by atomic mass is 10.1. The number of anilines is 1. The van der Waals surface area contributed by atoms with Crippen LogP contribution in [0.3, 0.4) is 0 Å². The van der Waals surface area contributed by atoms with Crippen molar-refractivity contribution in [2.75, 3.05) is 25.6 Å². The van der Waals surface area contributed by atoms with E-state index >= 15 is 0 Å². The van der Waals surface area contributed by atoms with Gasteiger partial charge in [0.2, 0.25) is 5.88 Å². The lowest BCUT2D eigenvalue weighted by Gasteiger charge is -2.22. The zero-order valence-electron chi connectivity index (χ0n) is 12.4. The number of rotatable bonds is 8. The van der Waals surface area contributed by atoms with Crippen molar-refractivity contribution in [2.45, 2.75) is 39.2 Å². The number of nitrogens with one attached hydrogen (secondary N) is 1. The van der Waals surface area contributed by atoms with Gasteiger partial charge in [-0.15, -0.1) is 0 Å². The quantitative estimate of drug-likeness (QED) is 0.770. The molecule has 1 N–H and O–H groups in total. The largest absolute Gasteiger partial charge is 0.476 e. The van der Waals surface area contributed by atoms with Crippen LogP contribution in [0.5, 0.6) is 5.88 Å². The Morgan fingerprint density at radius 1 is 1.30 bits per heavy atom. The van der Waals surface area contributed by atoms with E-state index in [9.17, 15) is 0 Å². The predicted molar refractivity (Wildman–Crippen MR) is 84.2 cm³/mol. The maximum Gasteiger partial charge on any atom is 0.234 e. The summed E-state index contributed by atoms with van der Waals surface area (Å²) in [4.78, 5) is 4.32. The van der Waals surface area contributed by atoms with Crippen molar-refractivity contribution in [3.8, 4) is 5.88 Å². The van der Waals surface area contributed by atoms with Crippen LogP contribution >= 0.6 is 23.2 Å². The molecule has 0 amide bonds. The molecule has 0 unspecified atom stereocenters. The van der Waals surface area contributed by atoms with Gasteiger partial charge in [0, 0.05) is 20.1 Å². The van der Waals surface area contributed by atoms with Gasteiger partial charge in [0.25, 0.3) is 0 Å². The first-order chi connectivity index (χ1) is 9.39. The zero-order valence-corrected chi connectivity index (χ0v) is 13.9. The van der Waals surface area contributed by atoms with E-state index < -0.39 is 0 Å². The summed E-state index contributed by atoms with van der Waals surface area (Å²) in [5, 5.41) is 4.04. The fraction of sp³-hybridized carbons (Fsp3) is 0.643. The number of nitrogens with zero attached hydrogens (tertiary/aromatic N) is 1. The molecule has 1 rings (SSSR count). The van der Waals surface area contributed by atoms with Crippen molar-refractivity contribution in [2.24, 2.45) is 0 Å². The summed E-state index contributed by atoms with van der Waals surface area (Å²) in [7, 11) is 1.68. The Morgan fingerprint density at radius 2 is 2.00 bits per heavy atom. The molecule has 0 aliphatic rings. The second kappa shape index (κ2) is 7.91. The minimum absolute atomic E-state index is 0.234. The lowest BCUT2D eigenvalue weighted by Crippen LogP contribution is -2.25. The Kier molecular flexibility index (Phi) is 6.86. The van der Waals surface area contributed by atoms with Crippen LogP contribution in [0.2, 0.25) is 10.0 Å². The number of halogens is 2. The molecule has 0 aromatic carbocycles. The topological polar surface area (TPSA) is 43.4 Å². The molecule has 0 atom stereocenters. The van der Waals surface area contributed by atoms with Gasteiger partial charge in [-0.3, -0.25) is 0 Å². The molecular weight excluding hydrogens is 299 g/mol. The summed E-state index contributed by atoms with van der Waals surface area (Å²) in [6.45, 7) is 7.34. The average Bonchev–Trinajstić information content (AvgIpc) is 2.40. The Morgan fingerprint density at radius 3 is 2.60 bits per heavy atom. The van der Waals surface area contributed by atoms with E-state index in [1.165, 1.54) is 0 Å². The second-order valence-electron chi connectivity index (χ2n) is 5.09. The molecular formula is C14H22Cl2N2O2. The van der Waals surface area contributed by atoms with Crippen molar-refractivity contribution in [3.05, 3.63) is 16.1 Å². The van der Waals surface area contributed by atoms with Gasteiger partial charge in [-0.1, -0.05) is 30.1 Å². The van der Waals surface area contributed by atoms with Gasteiger partial charge in [-0.2, -0.15) is 4.98 Å². The van der Waals surface area contributed by atoms with E-state index in [0.717, 1.165) is 19.4 Å². The minimum atomic E-state index is -0.234. The molecule has 0 spiro atoms. The van der Waals surface area contributed by atoms with Crippen LogP contribution in [-0.4, -0.2) is 30.8 Å². The first kappa shape index (κ1) is 17.3. The standard InChI is InChI=1S/C14H22Cl2N2O2/c1-5-7-17-12-10(15)9-11(16)13(18-12)20-8-6-14(2,3)19-4/h9H,5-8H2,1-4H3,(H,17,18). The third-order valence-electron chi connectivity index (χ3n) is 2.94. The first-order valence-electron chi connectivity index (χ1n) is 6.67. The molecule has 0 fully saturated rings. The van der Waals surface area contributed by atoms with E-state index in [-0.39, 0.29) is 5.60 Å². The molecule has 1 aromatic rings. The van der Waals surface area contributed by atoms with Gasteiger partial charge in [0.05, 0.1) is 17.2 Å². The van der Waals surface area contributed by atoms with E-state index in [2.05, 4.69) is 17.2 Å². The molecule has 0 bridgehead atoms. The summed E-state index contributed by atoms with van der Waals surface area (Å²) in [6.07, 6.45) is 1.72. The van der Waals surface area contributed by atoms with E-state index in [0.29, 0.717) is 28.3 Å². The van der Waals surface area contributed by atoms with Crippen LogP contribution in [0.25, 0.3) is 0 Å². The molecule has 0 aliphatic carbocycles. The smallest absolute Gasteiger partial charge is 0.234 e. The first-order valence-corrected chi connectivity index (χ1v) is 7.43. The van der Waals surface area contributed by atoms with Crippen LogP contribution in [0.4, 0.5) is 5.82 Å². The van der Waals surface area contributed by atoms with Gasteiger partial charge in [0.1, 0.15) is 10.8 Å². The van der Waals surface area contributed by atoms with Gasteiger partial charge in [0.15, 0.2) is 0 Å². The molecule has 0 aliphatic heterocycles. The Hall–Kier alpha value is -0.710. The predicted octanol–water partition coefficient (Wildman–Crippen LogP) is 4.40.